The van der Waals surface area contributed by atoms with Crippen LogP contribution in [0.3, 0.4) is 0 Å². The molecule has 102 valence electrons. The quantitative estimate of drug-likeness (QED) is 0.861. The smallest absolute Gasteiger partial charge is 0.167 e. The Morgan fingerprint density at radius 1 is 0.900 bits per heavy atom. The van der Waals surface area contributed by atoms with Crippen molar-refractivity contribution in [3.05, 3.63) is 60.2 Å². The van der Waals surface area contributed by atoms with E-state index in [9.17, 15) is 4.79 Å². The van der Waals surface area contributed by atoms with E-state index in [0.29, 0.717) is 0 Å². The number of carbonyl (C=O) groups excluding carboxylic acids is 1. The van der Waals surface area contributed by atoms with Gasteiger partial charge in [-0.15, -0.1) is 0 Å². The number of Topliss-reactive ketones (excluding diaryl/α,β-unsaturated/α-hetero) is 1. The molecule has 2 N–H and O–H groups in total. The Morgan fingerprint density at radius 2 is 1.55 bits per heavy atom. The number of hydrogen-bond donors (Lipinski definition) is 1. The Kier molecular flexibility index (Phi) is 3.66. The predicted molar refractivity (Wildman–Crippen MR) is 81.5 cm³/mol. The first kappa shape index (κ1) is 13.1. The summed E-state index contributed by atoms with van der Waals surface area (Å²) in [7, 11) is 0. The number of rotatable bonds is 3. The van der Waals surface area contributed by atoms with Crippen LogP contribution in [-0.4, -0.2) is 11.8 Å². The van der Waals surface area contributed by atoms with E-state index in [4.69, 9.17) is 5.73 Å². The molecular weight excluding hydrogens is 246 g/mol. The molecule has 1 aliphatic rings. The SMILES string of the molecule is NC1CCCC1C(=O)c1ccc(-c2ccccc2)cc1. The number of ketones is 1. The zero-order valence-corrected chi connectivity index (χ0v) is 11.5. The molecule has 0 saturated heterocycles. The summed E-state index contributed by atoms with van der Waals surface area (Å²) in [5, 5.41) is 0. The molecule has 20 heavy (non-hydrogen) atoms. The summed E-state index contributed by atoms with van der Waals surface area (Å²) in [6.45, 7) is 0. The van der Waals surface area contributed by atoms with Gasteiger partial charge in [0.05, 0.1) is 0 Å². The maximum absolute atomic E-state index is 12.4. The maximum atomic E-state index is 12.4. The van der Waals surface area contributed by atoms with E-state index in [0.717, 1.165) is 30.4 Å². The molecule has 0 amide bonds. The van der Waals surface area contributed by atoms with Gasteiger partial charge >= 0.3 is 0 Å². The summed E-state index contributed by atoms with van der Waals surface area (Å²) in [6.07, 6.45) is 2.97. The van der Waals surface area contributed by atoms with Crippen LogP contribution < -0.4 is 5.73 Å². The Morgan fingerprint density at radius 3 is 2.15 bits per heavy atom. The molecule has 2 unspecified atom stereocenters. The molecule has 2 heteroatoms. The van der Waals surface area contributed by atoms with Gasteiger partial charge in [0.15, 0.2) is 5.78 Å². The van der Waals surface area contributed by atoms with Crippen molar-refractivity contribution in [1.82, 2.24) is 0 Å². The van der Waals surface area contributed by atoms with Crippen LogP contribution in [-0.2, 0) is 0 Å². The highest BCUT2D eigenvalue weighted by Gasteiger charge is 2.30. The highest BCUT2D eigenvalue weighted by atomic mass is 16.1. The lowest BCUT2D eigenvalue weighted by Gasteiger charge is -2.14. The Labute approximate surface area is 119 Å². The van der Waals surface area contributed by atoms with Gasteiger partial charge in [0.1, 0.15) is 0 Å². The lowest BCUT2D eigenvalue weighted by Crippen LogP contribution is -2.30. The van der Waals surface area contributed by atoms with E-state index in [1.54, 1.807) is 0 Å². The van der Waals surface area contributed by atoms with Gasteiger partial charge < -0.3 is 5.73 Å². The predicted octanol–water partition coefficient (Wildman–Crippen LogP) is 3.66. The molecule has 0 radical (unpaired) electrons. The second-order valence-electron chi connectivity index (χ2n) is 5.51. The number of benzene rings is 2. The molecule has 1 saturated carbocycles. The summed E-state index contributed by atoms with van der Waals surface area (Å²) in [4.78, 5) is 12.4. The van der Waals surface area contributed by atoms with Gasteiger partial charge in [-0.3, -0.25) is 4.79 Å². The molecule has 2 aromatic rings. The van der Waals surface area contributed by atoms with Crippen molar-refractivity contribution >= 4 is 5.78 Å². The van der Waals surface area contributed by atoms with E-state index < -0.39 is 0 Å². The Balaban J connectivity index is 1.81. The fourth-order valence-corrected chi connectivity index (χ4v) is 2.99. The average molecular weight is 265 g/mol. The van der Waals surface area contributed by atoms with Crippen LogP contribution in [0.25, 0.3) is 11.1 Å². The van der Waals surface area contributed by atoms with Crippen molar-refractivity contribution < 1.29 is 4.79 Å². The molecule has 1 aliphatic carbocycles. The fraction of sp³-hybridized carbons (Fsp3) is 0.278. The molecule has 0 aliphatic heterocycles. The lowest BCUT2D eigenvalue weighted by molar-refractivity contribution is 0.0913. The molecular formula is C18H19NO. The third-order valence-electron chi connectivity index (χ3n) is 4.18. The van der Waals surface area contributed by atoms with E-state index >= 15 is 0 Å². The van der Waals surface area contributed by atoms with Gasteiger partial charge in [0.25, 0.3) is 0 Å². The molecule has 0 aromatic heterocycles. The van der Waals surface area contributed by atoms with Gasteiger partial charge in [0.2, 0.25) is 0 Å². The molecule has 3 rings (SSSR count). The van der Waals surface area contributed by atoms with Crippen LogP contribution >= 0.6 is 0 Å². The summed E-state index contributed by atoms with van der Waals surface area (Å²) in [5.74, 6) is 0.215. The van der Waals surface area contributed by atoms with E-state index in [1.807, 2.05) is 42.5 Å². The highest BCUT2D eigenvalue weighted by Crippen LogP contribution is 2.28. The standard InChI is InChI=1S/C18H19NO/c19-17-8-4-7-16(17)18(20)15-11-9-14(10-12-15)13-5-2-1-3-6-13/h1-3,5-6,9-12,16-17H,4,7-8,19H2. The molecule has 0 spiro atoms. The first-order chi connectivity index (χ1) is 9.75. The first-order valence-electron chi connectivity index (χ1n) is 7.21. The number of hydrogen-bond acceptors (Lipinski definition) is 2. The second-order valence-corrected chi connectivity index (χ2v) is 5.51. The van der Waals surface area contributed by atoms with Crippen molar-refractivity contribution in [3.8, 4) is 11.1 Å². The molecule has 2 atom stereocenters. The van der Waals surface area contributed by atoms with Gasteiger partial charge in [-0.05, 0) is 24.0 Å². The van der Waals surface area contributed by atoms with Crippen molar-refractivity contribution in [1.29, 1.82) is 0 Å². The maximum Gasteiger partial charge on any atom is 0.167 e. The largest absolute Gasteiger partial charge is 0.327 e. The van der Waals surface area contributed by atoms with Crippen LogP contribution in [0.15, 0.2) is 54.6 Å². The molecule has 0 bridgehead atoms. The zero-order valence-electron chi connectivity index (χ0n) is 11.5. The minimum Gasteiger partial charge on any atom is -0.327 e. The van der Waals surface area contributed by atoms with Crippen LogP contribution in [0.2, 0.25) is 0 Å². The average Bonchev–Trinajstić information content (AvgIpc) is 2.94. The van der Waals surface area contributed by atoms with Crippen LogP contribution in [0.4, 0.5) is 0 Å². The number of nitrogens with two attached hydrogens (primary N) is 1. The fourth-order valence-electron chi connectivity index (χ4n) is 2.99. The second kappa shape index (κ2) is 5.59. The summed E-state index contributed by atoms with van der Waals surface area (Å²) in [6, 6.07) is 18.1. The topological polar surface area (TPSA) is 43.1 Å². The van der Waals surface area contributed by atoms with Gasteiger partial charge in [-0.1, -0.05) is 61.0 Å². The Hall–Kier alpha value is -1.93. The third-order valence-corrected chi connectivity index (χ3v) is 4.18. The minimum absolute atomic E-state index is 0.0116. The van der Waals surface area contributed by atoms with Crippen molar-refractivity contribution in [2.75, 3.05) is 0 Å². The van der Waals surface area contributed by atoms with Gasteiger partial charge in [-0.25, -0.2) is 0 Å². The van der Waals surface area contributed by atoms with E-state index in [2.05, 4.69) is 12.1 Å². The van der Waals surface area contributed by atoms with Gasteiger partial charge in [0, 0.05) is 17.5 Å². The monoisotopic (exact) mass is 265 g/mol. The molecule has 2 nitrogen and oxygen atoms in total. The first-order valence-corrected chi connectivity index (χ1v) is 7.21. The summed E-state index contributed by atoms with van der Waals surface area (Å²) < 4.78 is 0. The minimum atomic E-state index is 0.0116. The van der Waals surface area contributed by atoms with E-state index in [1.165, 1.54) is 5.56 Å². The van der Waals surface area contributed by atoms with Crippen molar-refractivity contribution in [3.63, 3.8) is 0 Å². The third kappa shape index (κ3) is 2.52. The number of carbonyl (C=O) groups is 1. The highest BCUT2D eigenvalue weighted by molar-refractivity contribution is 5.98. The Bertz CT molecular complexity index is 589. The van der Waals surface area contributed by atoms with E-state index in [-0.39, 0.29) is 17.7 Å². The van der Waals surface area contributed by atoms with Crippen LogP contribution in [0.1, 0.15) is 29.6 Å². The zero-order chi connectivity index (χ0) is 13.9. The van der Waals surface area contributed by atoms with Gasteiger partial charge in [-0.2, -0.15) is 0 Å². The molecule has 2 aromatic carbocycles. The summed E-state index contributed by atoms with van der Waals surface area (Å²) in [5.41, 5.74) is 9.11. The molecule has 1 fully saturated rings. The summed E-state index contributed by atoms with van der Waals surface area (Å²) >= 11 is 0. The van der Waals surface area contributed by atoms with Crippen LogP contribution in [0, 0.1) is 5.92 Å². The van der Waals surface area contributed by atoms with Crippen molar-refractivity contribution in [2.24, 2.45) is 11.7 Å². The van der Waals surface area contributed by atoms with Crippen molar-refractivity contribution in [2.45, 2.75) is 25.3 Å². The molecule has 0 heterocycles. The lowest BCUT2D eigenvalue weighted by atomic mass is 9.92. The van der Waals surface area contributed by atoms with Crippen LogP contribution in [0.5, 0.6) is 0 Å². The normalized spacial score (nSPS) is 21.9.